The predicted molar refractivity (Wildman–Crippen MR) is 231 cm³/mol. The fraction of sp³-hybridized carbons (Fsp3) is 0.0784. The third kappa shape index (κ3) is 5.47. The summed E-state index contributed by atoms with van der Waals surface area (Å²) in [6.45, 7) is 0. The lowest BCUT2D eigenvalue weighted by molar-refractivity contribution is 0.409. The molecule has 3 atom stereocenters. The molecule has 1 aliphatic carbocycles. The molecule has 3 heterocycles. The summed E-state index contributed by atoms with van der Waals surface area (Å²) >= 11 is 0. The summed E-state index contributed by atoms with van der Waals surface area (Å²) in [4.78, 5) is 7.77. The SMILES string of the molecule is C1=CCC2C(=C1)N(c1cccc(C3N=C(c4ccccc4)NC(c4ccccc4)N3)c1)c1cc3c(cc12)c1ccc(-c2ccccc2)cc1n3-c1ccccc1. The van der Waals surface area contributed by atoms with Crippen molar-refractivity contribution in [3.05, 3.63) is 222 Å². The van der Waals surface area contributed by atoms with E-state index >= 15 is 0 Å². The van der Waals surface area contributed by atoms with Gasteiger partial charge in [-0.25, -0.2) is 4.99 Å². The maximum absolute atomic E-state index is 5.28. The van der Waals surface area contributed by atoms with E-state index in [2.05, 4.69) is 208 Å². The second-order valence-electron chi connectivity index (χ2n) is 14.8. The number of anilines is 2. The van der Waals surface area contributed by atoms with Crippen LogP contribution >= 0.6 is 0 Å². The third-order valence-electron chi connectivity index (χ3n) is 11.5. The predicted octanol–water partition coefficient (Wildman–Crippen LogP) is 11.9. The molecule has 268 valence electrons. The first-order chi connectivity index (χ1) is 27.8. The number of amidine groups is 1. The van der Waals surface area contributed by atoms with Crippen molar-refractivity contribution in [1.29, 1.82) is 0 Å². The van der Waals surface area contributed by atoms with Crippen molar-refractivity contribution in [1.82, 2.24) is 15.2 Å². The number of nitrogens with one attached hydrogen (secondary N) is 2. The lowest BCUT2D eigenvalue weighted by Crippen LogP contribution is -2.44. The largest absolute Gasteiger partial charge is 0.350 e. The molecule has 0 amide bonds. The zero-order valence-corrected chi connectivity index (χ0v) is 30.8. The highest BCUT2D eigenvalue weighted by molar-refractivity contribution is 6.12. The minimum Gasteiger partial charge on any atom is -0.350 e. The average Bonchev–Trinajstić information content (AvgIpc) is 3.78. The molecule has 1 aromatic heterocycles. The van der Waals surface area contributed by atoms with Gasteiger partial charge in [0.2, 0.25) is 0 Å². The van der Waals surface area contributed by atoms with Crippen molar-refractivity contribution < 1.29 is 0 Å². The standard InChI is InChI=1S/C51H39N5/c1-5-16-34(17-6-1)37-28-29-42-44-32-43-41-26-13-14-27-45(41)56(48(43)33-47(44)55(46(42)31-37)39-23-11-4-12-24-39)40-25-15-22-38(30-40)51-53-49(35-18-7-2-8-19-35)52-50(54-51)36-20-9-3-10-21-36/h1-25,27-33,41,49,51,53H,26H2,(H,52,54). The number of aromatic nitrogens is 1. The van der Waals surface area contributed by atoms with E-state index in [1.54, 1.807) is 0 Å². The highest BCUT2D eigenvalue weighted by Crippen LogP contribution is 2.53. The van der Waals surface area contributed by atoms with Crippen LogP contribution in [0, 0.1) is 0 Å². The van der Waals surface area contributed by atoms with Gasteiger partial charge in [-0.3, -0.25) is 5.32 Å². The molecule has 0 radical (unpaired) electrons. The quantitative estimate of drug-likeness (QED) is 0.180. The van der Waals surface area contributed by atoms with Gasteiger partial charge >= 0.3 is 0 Å². The molecule has 0 saturated heterocycles. The molecule has 0 bridgehead atoms. The van der Waals surface area contributed by atoms with Crippen LogP contribution in [-0.4, -0.2) is 10.4 Å². The Morgan fingerprint density at radius 1 is 0.554 bits per heavy atom. The smallest absolute Gasteiger partial charge is 0.131 e. The van der Waals surface area contributed by atoms with Crippen LogP contribution in [-0.2, 0) is 0 Å². The summed E-state index contributed by atoms with van der Waals surface area (Å²) in [7, 11) is 0. The molecule has 5 heteroatoms. The molecule has 0 saturated carbocycles. The van der Waals surface area contributed by atoms with Crippen molar-refractivity contribution in [2.24, 2.45) is 4.99 Å². The number of para-hydroxylation sites is 1. The molecule has 3 aliphatic rings. The van der Waals surface area contributed by atoms with Gasteiger partial charge in [0.15, 0.2) is 0 Å². The lowest BCUT2D eigenvalue weighted by Gasteiger charge is -2.32. The molecule has 2 N–H and O–H groups in total. The molecule has 0 spiro atoms. The Bertz CT molecular complexity index is 2840. The Kier molecular flexibility index (Phi) is 7.78. The first-order valence-electron chi connectivity index (χ1n) is 19.5. The summed E-state index contributed by atoms with van der Waals surface area (Å²) in [6.07, 6.45) is 7.45. The van der Waals surface area contributed by atoms with Gasteiger partial charge in [-0.05, 0) is 82.8 Å². The Labute approximate surface area is 326 Å². The summed E-state index contributed by atoms with van der Waals surface area (Å²) in [5, 5.41) is 10.0. The van der Waals surface area contributed by atoms with Crippen LogP contribution in [0.2, 0.25) is 0 Å². The number of rotatable bonds is 6. The Hall–Kier alpha value is -6.95. The van der Waals surface area contributed by atoms with Gasteiger partial charge in [0.25, 0.3) is 0 Å². The van der Waals surface area contributed by atoms with Gasteiger partial charge in [-0.15, -0.1) is 0 Å². The molecule has 8 aromatic rings. The number of allylic oxidation sites excluding steroid dienone is 4. The fourth-order valence-electron chi connectivity index (χ4n) is 8.89. The normalized spacial score (nSPS) is 18.6. The van der Waals surface area contributed by atoms with Gasteiger partial charge < -0.3 is 14.8 Å². The number of aliphatic imine (C=N–C) groups is 1. The Morgan fingerprint density at radius 2 is 1.23 bits per heavy atom. The van der Waals surface area contributed by atoms with E-state index in [0.29, 0.717) is 0 Å². The zero-order chi connectivity index (χ0) is 37.0. The van der Waals surface area contributed by atoms with E-state index < -0.39 is 0 Å². The van der Waals surface area contributed by atoms with E-state index in [1.807, 2.05) is 6.07 Å². The maximum Gasteiger partial charge on any atom is 0.131 e. The van der Waals surface area contributed by atoms with Gasteiger partial charge in [-0.1, -0.05) is 146 Å². The topological polar surface area (TPSA) is 44.6 Å². The molecule has 0 fully saturated rings. The summed E-state index contributed by atoms with van der Waals surface area (Å²) < 4.78 is 2.45. The first kappa shape index (κ1) is 32.5. The van der Waals surface area contributed by atoms with Crippen LogP contribution in [0.5, 0.6) is 0 Å². The Balaban J connectivity index is 1.07. The first-order valence-corrected chi connectivity index (χ1v) is 19.5. The minimum atomic E-state index is -0.253. The van der Waals surface area contributed by atoms with Crippen LogP contribution < -0.4 is 15.5 Å². The van der Waals surface area contributed by atoms with Crippen molar-refractivity contribution in [2.45, 2.75) is 24.7 Å². The number of benzene rings is 7. The van der Waals surface area contributed by atoms with E-state index in [-0.39, 0.29) is 18.2 Å². The third-order valence-corrected chi connectivity index (χ3v) is 11.5. The van der Waals surface area contributed by atoms with Crippen LogP contribution in [0.4, 0.5) is 11.4 Å². The minimum absolute atomic E-state index is 0.101. The molecule has 7 aromatic carbocycles. The zero-order valence-electron chi connectivity index (χ0n) is 30.8. The maximum atomic E-state index is 5.28. The molecule has 3 unspecified atom stereocenters. The van der Waals surface area contributed by atoms with Crippen LogP contribution in [0.25, 0.3) is 38.6 Å². The summed E-state index contributed by atoms with van der Waals surface area (Å²) in [5.74, 6) is 1.15. The second-order valence-corrected chi connectivity index (χ2v) is 14.8. The second kappa shape index (κ2) is 13.4. The molecule has 56 heavy (non-hydrogen) atoms. The number of hydrogen-bond acceptors (Lipinski definition) is 4. The number of nitrogens with zero attached hydrogens (tertiary/aromatic N) is 3. The van der Waals surface area contributed by atoms with Gasteiger partial charge in [-0.2, -0.15) is 0 Å². The highest BCUT2D eigenvalue weighted by atomic mass is 15.3. The monoisotopic (exact) mass is 721 g/mol. The van der Waals surface area contributed by atoms with Crippen molar-refractivity contribution in [3.63, 3.8) is 0 Å². The Morgan fingerprint density at radius 3 is 2.02 bits per heavy atom. The molecular formula is C51H39N5. The van der Waals surface area contributed by atoms with Gasteiger partial charge in [0.1, 0.15) is 18.2 Å². The van der Waals surface area contributed by atoms with E-state index in [9.17, 15) is 0 Å². The van der Waals surface area contributed by atoms with Gasteiger partial charge in [0.05, 0.1) is 16.7 Å². The highest BCUT2D eigenvalue weighted by Gasteiger charge is 2.36. The van der Waals surface area contributed by atoms with Crippen LogP contribution in [0.1, 0.15) is 46.9 Å². The van der Waals surface area contributed by atoms with E-state index in [0.717, 1.165) is 34.8 Å². The van der Waals surface area contributed by atoms with E-state index in [4.69, 9.17) is 4.99 Å². The van der Waals surface area contributed by atoms with Crippen molar-refractivity contribution >= 4 is 39.0 Å². The number of fused-ring (bicyclic) bond motifs is 6. The van der Waals surface area contributed by atoms with E-state index in [1.165, 1.54) is 55.4 Å². The van der Waals surface area contributed by atoms with Crippen molar-refractivity contribution in [2.75, 3.05) is 4.90 Å². The molecule has 2 aliphatic heterocycles. The lowest BCUT2D eigenvalue weighted by atomic mass is 9.91. The van der Waals surface area contributed by atoms with Gasteiger partial charge in [0, 0.05) is 39.3 Å². The van der Waals surface area contributed by atoms with Crippen LogP contribution in [0.3, 0.4) is 0 Å². The summed E-state index contributed by atoms with van der Waals surface area (Å²) in [5.41, 5.74) is 14.4. The fourth-order valence-corrected chi connectivity index (χ4v) is 8.89. The molecular weight excluding hydrogens is 683 g/mol. The van der Waals surface area contributed by atoms with Crippen LogP contribution in [0.15, 0.2) is 205 Å². The molecule has 11 rings (SSSR count). The van der Waals surface area contributed by atoms with Crippen molar-refractivity contribution in [3.8, 4) is 16.8 Å². The molecule has 5 nitrogen and oxygen atoms in total. The average molecular weight is 722 g/mol. The summed E-state index contributed by atoms with van der Waals surface area (Å²) in [6, 6.07) is 63.3. The number of hydrogen-bond donors (Lipinski definition) is 2.